The van der Waals surface area contributed by atoms with Gasteiger partial charge >= 0.3 is 0 Å². The number of amides is 1. The fourth-order valence-corrected chi connectivity index (χ4v) is 3.69. The number of thiazole rings is 1. The zero-order valence-corrected chi connectivity index (χ0v) is 11.6. The minimum absolute atomic E-state index is 0.0654. The van der Waals surface area contributed by atoms with Crippen LogP contribution in [0.1, 0.15) is 41.3 Å². The number of carbonyl (C=O) groups excluding carboxylic acids is 1. The normalized spacial score (nSPS) is 20.3. The van der Waals surface area contributed by atoms with Gasteiger partial charge in [-0.15, -0.1) is 11.3 Å². The second-order valence-electron chi connectivity index (χ2n) is 5.50. The molecule has 1 aromatic heterocycles. The van der Waals surface area contributed by atoms with E-state index in [1.807, 2.05) is 7.05 Å². The molecule has 2 aliphatic rings. The monoisotopic (exact) mass is 265 g/mol. The molecule has 4 nitrogen and oxygen atoms in total. The molecule has 3 rings (SSSR count). The summed E-state index contributed by atoms with van der Waals surface area (Å²) in [5.41, 5.74) is 6.63. The maximum atomic E-state index is 12.1. The van der Waals surface area contributed by atoms with Gasteiger partial charge in [0.25, 0.3) is 0 Å². The molecule has 0 radical (unpaired) electrons. The van der Waals surface area contributed by atoms with Crippen molar-refractivity contribution in [3.8, 4) is 0 Å². The number of carbonyl (C=O) groups is 1. The van der Waals surface area contributed by atoms with Crippen LogP contribution in [0.3, 0.4) is 0 Å². The van der Waals surface area contributed by atoms with E-state index < -0.39 is 5.54 Å². The van der Waals surface area contributed by atoms with Crippen LogP contribution in [0.5, 0.6) is 0 Å². The molecule has 1 saturated carbocycles. The highest BCUT2D eigenvalue weighted by molar-refractivity contribution is 7.11. The maximum Gasteiger partial charge on any atom is 0.242 e. The molecule has 0 atom stereocenters. The largest absolute Gasteiger partial charge is 0.337 e. The number of likely N-dealkylation sites (N-methyl/N-ethyl adjacent to an activating group) is 1. The summed E-state index contributed by atoms with van der Waals surface area (Å²) in [6, 6.07) is 0. The number of nitrogens with two attached hydrogens (primary N) is 1. The van der Waals surface area contributed by atoms with E-state index in [-0.39, 0.29) is 5.91 Å². The van der Waals surface area contributed by atoms with Gasteiger partial charge in [-0.05, 0) is 38.5 Å². The van der Waals surface area contributed by atoms with Crippen LogP contribution in [0.15, 0.2) is 0 Å². The average Bonchev–Trinajstić information content (AvgIpc) is 2.97. The zero-order valence-electron chi connectivity index (χ0n) is 10.7. The summed E-state index contributed by atoms with van der Waals surface area (Å²) in [6.07, 6.45) is 6.43. The van der Waals surface area contributed by atoms with Crippen LogP contribution in [0.2, 0.25) is 0 Å². The lowest BCUT2D eigenvalue weighted by atomic mass is 10.0. The van der Waals surface area contributed by atoms with E-state index in [1.54, 1.807) is 16.2 Å². The van der Waals surface area contributed by atoms with Crippen molar-refractivity contribution in [2.45, 2.75) is 50.6 Å². The van der Waals surface area contributed by atoms with E-state index in [0.717, 1.165) is 30.7 Å². The van der Waals surface area contributed by atoms with Gasteiger partial charge < -0.3 is 10.6 Å². The Kier molecular flexibility index (Phi) is 2.90. The summed E-state index contributed by atoms with van der Waals surface area (Å²) in [5.74, 6) is 0.0654. The summed E-state index contributed by atoms with van der Waals surface area (Å²) in [5, 5.41) is 1.06. The van der Waals surface area contributed by atoms with E-state index in [9.17, 15) is 4.79 Å². The Morgan fingerprint density at radius 3 is 2.83 bits per heavy atom. The van der Waals surface area contributed by atoms with Crippen LogP contribution in [0.4, 0.5) is 0 Å². The average molecular weight is 265 g/mol. The molecule has 98 valence electrons. The van der Waals surface area contributed by atoms with Gasteiger partial charge in [0.15, 0.2) is 0 Å². The standard InChI is InChI=1S/C13H19N3OS/c1-16(12(17)13(14)6-7-13)8-11-15-9-4-2-3-5-10(9)18-11/h2-8,14H2,1H3. The lowest BCUT2D eigenvalue weighted by Gasteiger charge is -2.19. The van der Waals surface area contributed by atoms with Crippen LogP contribution in [-0.2, 0) is 24.2 Å². The molecule has 2 aliphatic carbocycles. The molecule has 5 heteroatoms. The van der Waals surface area contributed by atoms with Gasteiger partial charge in [0.05, 0.1) is 17.8 Å². The number of aromatic nitrogens is 1. The smallest absolute Gasteiger partial charge is 0.242 e. The first-order valence-corrected chi connectivity index (χ1v) is 7.42. The van der Waals surface area contributed by atoms with Gasteiger partial charge in [0.2, 0.25) is 5.91 Å². The van der Waals surface area contributed by atoms with Crippen molar-refractivity contribution in [3.05, 3.63) is 15.6 Å². The van der Waals surface area contributed by atoms with Crippen molar-refractivity contribution in [2.75, 3.05) is 7.05 Å². The molecule has 1 fully saturated rings. The van der Waals surface area contributed by atoms with Crippen molar-refractivity contribution >= 4 is 17.2 Å². The van der Waals surface area contributed by atoms with E-state index in [0.29, 0.717) is 6.54 Å². The molecule has 1 aromatic rings. The van der Waals surface area contributed by atoms with E-state index >= 15 is 0 Å². The van der Waals surface area contributed by atoms with Gasteiger partial charge in [-0.25, -0.2) is 4.98 Å². The summed E-state index contributed by atoms with van der Waals surface area (Å²) in [6.45, 7) is 0.607. The Labute approximate surface area is 111 Å². The second kappa shape index (κ2) is 4.31. The summed E-state index contributed by atoms with van der Waals surface area (Å²) >= 11 is 1.77. The molecule has 18 heavy (non-hydrogen) atoms. The van der Waals surface area contributed by atoms with Crippen LogP contribution < -0.4 is 5.73 Å². The predicted molar refractivity (Wildman–Crippen MR) is 71.4 cm³/mol. The van der Waals surface area contributed by atoms with E-state index in [1.165, 1.54) is 23.4 Å². The summed E-state index contributed by atoms with van der Waals surface area (Å²) in [7, 11) is 1.83. The molecule has 0 bridgehead atoms. The number of hydrogen-bond donors (Lipinski definition) is 1. The Morgan fingerprint density at radius 1 is 1.44 bits per heavy atom. The zero-order chi connectivity index (χ0) is 12.8. The highest BCUT2D eigenvalue weighted by atomic mass is 32.1. The number of hydrogen-bond acceptors (Lipinski definition) is 4. The quantitative estimate of drug-likeness (QED) is 0.900. The van der Waals surface area contributed by atoms with Crippen molar-refractivity contribution in [2.24, 2.45) is 5.73 Å². The molecular weight excluding hydrogens is 246 g/mol. The van der Waals surface area contributed by atoms with E-state index in [2.05, 4.69) is 4.98 Å². The maximum absolute atomic E-state index is 12.1. The fraction of sp³-hybridized carbons (Fsp3) is 0.692. The summed E-state index contributed by atoms with van der Waals surface area (Å²) in [4.78, 5) is 19.9. The van der Waals surface area contributed by atoms with Crippen LogP contribution >= 0.6 is 11.3 Å². The minimum atomic E-state index is -0.564. The number of aryl methyl sites for hydroxylation is 2. The Balaban J connectivity index is 1.68. The topological polar surface area (TPSA) is 59.2 Å². The molecule has 0 aliphatic heterocycles. The molecule has 0 aromatic carbocycles. The SMILES string of the molecule is CN(Cc1nc2c(s1)CCCC2)C(=O)C1(N)CC1. The number of nitrogens with zero attached hydrogens (tertiary/aromatic N) is 2. The van der Waals surface area contributed by atoms with Crippen LogP contribution in [0.25, 0.3) is 0 Å². The molecule has 0 unspecified atom stereocenters. The Morgan fingerprint density at radius 2 is 2.17 bits per heavy atom. The minimum Gasteiger partial charge on any atom is -0.337 e. The summed E-state index contributed by atoms with van der Waals surface area (Å²) < 4.78 is 0. The Bertz CT molecular complexity index is 455. The second-order valence-corrected chi connectivity index (χ2v) is 6.67. The van der Waals surface area contributed by atoms with Crippen molar-refractivity contribution in [1.82, 2.24) is 9.88 Å². The Hall–Kier alpha value is -0.940. The first kappa shape index (κ1) is 12.1. The highest BCUT2D eigenvalue weighted by Crippen LogP contribution is 2.34. The van der Waals surface area contributed by atoms with Crippen molar-refractivity contribution < 1.29 is 4.79 Å². The van der Waals surface area contributed by atoms with Crippen molar-refractivity contribution in [3.63, 3.8) is 0 Å². The van der Waals surface area contributed by atoms with Crippen LogP contribution in [0, 0.1) is 0 Å². The van der Waals surface area contributed by atoms with Crippen molar-refractivity contribution in [1.29, 1.82) is 0 Å². The number of rotatable bonds is 3. The molecule has 0 saturated heterocycles. The lowest BCUT2D eigenvalue weighted by molar-refractivity contribution is -0.132. The molecule has 1 amide bonds. The number of fused-ring (bicyclic) bond motifs is 1. The lowest BCUT2D eigenvalue weighted by Crippen LogP contribution is -2.43. The third kappa shape index (κ3) is 2.17. The van der Waals surface area contributed by atoms with E-state index in [4.69, 9.17) is 5.73 Å². The van der Waals surface area contributed by atoms with Gasteiger partial charge in [-0.2, -0.15) is 0 Å². The molecular formula is C13H19N3OS. The van der Waals surface area contributed by atoms with Gasteiger partial charge in [-0.3, -0.25) is 4.79 Å². The van der Waals surface area contributed by atoms with Crippen LogP contribution in [-0.4, -0.2) is 28.4 Å². The molecule has 0 spiro atoms. The third-order valence-electron chi connectivity index (χ3n) is 3.82. The first-order chi connectivity index (χ1) is 8.58. The molecule has 1 heterocycles. The fourth-order valence-electron chi connectivity index (χ4n) is 2.48. The predicted octanol–water partition coefficient (Wildman–Crippen LogP) is 1.47. The molecule has 2 N–H and O–H groups in total. The van der Waals surface area contributed by atoms with Gasteiger partial charge in [0.1, 0.15) is 5.01 Å². The van der Waals surface area contributed by atoms with Gasteiger partial charge in [0, 0.05) is 11.9 Å². The first-order valence-electron chi connectivity index (χ1n) is 6.60. The highest BCUT2D eigenvalue weighted by Gasteiger charge is 2.47. The third-order valence-corrected chi connectivity index (χ3v) is 4.97. The van der Waals surface area contributed by atoms with Gasteiger partial charge in [-0.1, -0.05) is 0 Å².